The lowest BCUT2D eigenvalue weighted by atomic mass is 10.1. The minimum absolute atomic E-state index is 0.0813. The van der Waals surface area contributed by atoms with E-state index in [1.54, 1.807) is 6.07 Å². The summed E-state index contributed by atoms with van der Waals surface area (Å²) < 4.78 is 27.2. The molecule has 0 atom stereocenters. The highest BCUT2D eigenvalue weighted by molar-refractivity contribution is 7.91. The molecule has 7 heteroatoms. The Hall–Kier alpha value is -1.54. The maximum atomic E-state index is 12.7. The molecule has 3 rings (SSSR count). The van der Waals surface area contributed by atoms with Gasteiger partial charge in [-0.3, -0.25) is 9.69 Å². The molecule has 0 bridgehead atoms. The van der Waals surface area contributed by atoms with Crippen LogP contribution < -0.4 is 0 Å². The van der Waals surface area contributed by atoms with E-state index in [1.165, 1.54) is 21.2 Å². The Morgan fingerprint density at radius 2 is 1.69 bits per heavy atom. The van der Waals surface area contributed by atoms with Crippen molar-refractivity contribution in [3.8, 4) is 0 Å². The number of rotatable bonds is 6. The number of hydrogen-bond donors (Lipinski definition) is 0. The van der Waals surface area contributed by atoms with Crippen molar-refractivity contribution in [1.29, 1.82) is 0 Å². The number of carbonyl (C=O) groups is 1. The van der Waals surface area contributed by atoms with Crippen molar-refractivity contribution in [3.63, 3.8) is 0 Å². The van der Waals surface area contributed by atoms with Crippen molar-refractivity contribution in [2.75, 3.05) is 32.7 Å². The van der Waals surface area contributed by atoms with Crippen molar-refractivity contribution >= 4 is 27.1 Å². The first kappa shape index (κ1) is 19.2. The van der Waals surface area contributed by atoms with Gasteiger partial charge in [-0.05, 0) is 31.0 Å². The molecule has 1 aliphatic heterocycles. The zero-order valence-corrected chi connectivity index (χ0v) is 16.8. The van der Waals surface area contributed by atoms with Crippen molar-refractivity contribution in [2.45, 2.75) is 24.5 Å². The first-order valence-electron chi connectivity index (χ1n) is 8.81. The SMILES string of the molecule is CCc1ccc(C(=O)CN2CCN(S(=O)(=O)c3ccc(C)s3)CC2)cc1. The van der Waals surface area contributed by atoms with Crippen LogP contribution in [-0.2, 0) is 16.4 Å². The second-order valence-electron chi connectivity index (χ2n) is 6.52. The van der Waals surface area contributed by atoms with Gasteiger partial charge in [-0.25, -0.2) is 8.42 Å². The molecule has 1 saturated heterocycles. The van der Waals surface area contributed by atoms with Crippen LogP contribution in [0.3, 0.4) is 0 Å². The van der Waals surface area contributed by atoms with Gasteiger partial charge >= 0.3 is 0 Å². The molecule has 1 aliphatic rings. The van der Waals surface area contributed by atoms with Gasteiger partial charge in [0, 0.05) is 36.6 Å². The van der Waals surface area contributed by atoms with Gasteiger partial charge in [-0.1, -0.05) is 31.2 Å². The van der Waals surface area contributed by atoms with Gasteiger partial charge in [0.25, 0.3) is 10.0 Å². The van der Waals surface area contributed by atoms with Gasteiger partial charge in [0.05, 0.1) is 6.54 Å². The molecule has 140 valence electrons. The molecule has 0 spiro atoms. The average Bonchev–Trinajstić information content (AvgIpc) is 3.09. The molecule has 0 saturated carbocycles. The minimum Gasteiger partial charge on any atom is -0.293 e. The van der Waals surface area contributed by atoms with E-state index < -0.39 is 10.0 Å². The van der Waals surface area contributed by atoms with Gasteiger partial charge in [0.1, 0.15) is 4.21 Å². The van der Waals surface area contributed by atoms with E-state index in [1.807, 2.05) is 42.2 Å². The van der Waals surface area contributed by atoms with E-state index in [2.05, 4.69) is 6.92 Å². The van der Waals surface area contributed by atoms with Crippen LogP contribution >= 0.6 is 11.3 Å². The molecule has 5 nitrogen and oxygen atoms in total. The summed E-state index contributed by atoms with van der Waals surface area (Å²) >= 11 is 1.30. The summed E-state index contributed by atoms with van der Waals surface area (Å²) in [6.45, 7) is 6.30. The molecule has 2 heterocycles. The highest BCUT2D eigenvalue weighted by Crippen LogP contribution is 2.25. The van der Waals surface area contributed by atoms with E-state index in [9.17, 15) is 13.2 Å². The molecule has 0 unspecified atom stereocenters. The van der Waals surface area contributed by atoms with Crippen LogP contribution in [0.5, 0.6) is 0 Å². The van der Waals surface area contributed by atoms with E-state index in [0.717, 1.165) is 11.3 Å². The lowest BCUT2D eigenvalue weighted by Crippen LogP contribution is -2.49. The van der Waals surface area contributed by atoms with Gasteiger partial charge in [-0.2, -0.15) is 4.31 Å². The maximum Gasteiger partial charge on any atom is 0.252 e. The number of hydrogen-bond acceptors (Lipinski definition) is 5. The Morgan fingerprint density at radius 3 is 2.23 bits per heavy atom. The molecule has 1 aromatic heterocycles. The fraction of sp³-hybridized carbons (Fsp3) is 0.421. The molecule has 0 aliphatic carbocycles. The highest BCUT2D eigenvalue weighted by Gasteiger charge is 2.30. The molecule has 0 amide bonds. The minimum atomic E-state index is -3.41. The molecule has 0 N–H and O–H groups in total. The lowest BCUT2D eigenvalue weighted by Gasteiger charge is -2.33. The first-order chi connectivity index (χ1) is 12.4. The van der Waals surface area contributed by atoms with Crippen molar-refractivity contribution in [3.05, 3.63) is 52.4 Å². The van der Waals surface area contributed by atoms with Crippen molar-refractivity contribution < 1.29 is 13.2 Å². The fourth-order valence-electron chi connectivity index (χ4n) is 3.03. The Morgan fingerprint density at radius 1 is 1.04 bits per heavy atom. The Balaban J connectivity index is 1.57. The summed E-state index contributed by atoms with van der Waals surface area (Å²) in [7, 11) is -3.41. The molecular formula is C19H24N2O3S2. The normalized spacial score (nSPS) is 16.7. The lowest BCUT2D eigenvalue weighted by molar-refractivity contribution is 0.0902. The molecule has 1 fully saturated rings. The van der Waals surface area contributed by atoms with Gasteiger partial charge in [-0.15, -0.1) is 11.3 Å². The van der Waals surface area contributed by atoms with Gasteiger partial charge in [0.2, 0.25) is 0 Å². The summed E-state index contributed by atoms with van der Waals surface area (Å²) in [5.74, 6) is 0.0813. The zero-order chi connectivity index (χ0) is 18.7. The standard InChI is InChI=1S/C19H24N2O3S2/c1-3-16-5-7-17(8-6-16)18(22)14-20-10-12-21(13-11-20)26(23,24)19-9-4-15(2)25-19/h4-9H,3,10-14H2,1-2H3. The van der Waals surface area contributed by atoms with E-state index in [4.69, 9.17) is 0 Å². The van der Waals surface area contributed by atoms with Gasteiger partial charge in [0.15, 0.2) is 5.78 Å². The number of sulfonamides is 1. The smallest absolute Gasteiger partial charge is 0.252 e. The molecule has 2 aromatic rings. The third-order valence-electron chi connectivity index (χ3n) is 4.69. The number of aryl methyl sites for hydroxylation is 2. The third-order valence-corrected chi connectivity index (χ3v) is 8.06. The van der Waals surface area contributed by atoms with Crippen molar-refractivity contribution in [1.82, 2.24) is 9.21 Å². The second kappa shape index (κ2) is 8.00. The monoisotopic (exact) mass is 392 g/mol. The predicted octanol–water partition coefficient (Wildman–Crippen LogP) is 2.81. The van der Waals surface area contributed by atoms with E-state index >= 15 is 0 Å². The molecule has 26 heavy (non-hydrogen) atoms. The second-order valence-corrected chi connectivity index (χ2v) is 9.97. The molecule has 1 aromatic carbocycles. The highest BCUT2D eigenvalue weighted by atomic mass is 32.2. The van der Waals surface area contributed by atoms with Crippen LogP contribution in [0.4, 0.5) is 0 Å². The summed E-state index contributed by atoms with van der Waals surface area (Å²) in [6, 6.07) is 11.2. The van der Waals surface area contributed by atoms with E-state index in [0.29, 0.717) is 42.5 Å². The van der Waals surface area contributed by atoms with Crippen LogP contribution in [0, 0.1) is 6.92 Å². The number of carbonyl (C=O) groups excluding carboxylic acids is 1. The number of nitrogens with zero attached hydrogens (tertiary/aromatic N) is 2. The van der Waals surface area contributed by atoms with Crippen LogP contribution in [0.25, 0.3) is 0 Å². The van der Waals surface area contributed by atoms with Crippen LogP contribution in [0.1, 0.15) is 27.7 Å². The summed E-state index contributed by atoms with van der Waals surface area (Å²) in [4.78, 5) is 15.5. The average molecular weight is 393 g/mol. The summed E-state index contributed by atoms with van der Waals surface area (Å²) in [5, 5.41) is 0. The van der Waals surface area contributed by atoms with E-state index in [-0.39, 0.29) is 5.78 Å². The first-order valence-corrected chi connectivity index (χ1v) is 11.1. The van der Waals surface area contributed by atoms with Crippen LogP contribution in [-0.4, -0.2) is 56.1 Å². The number of Topliss-reactive ketones (excluding diaryl/α,β-unsaturated/α-hetero) is 1. The van der Waals surface area contributed by atoms with Crippen LogP contribution in [0.2, 0.25) is 0 Å². The zero-order valence-electron chi connectivity index (χ0n) is 15.1. The number of thiophene rings is 1. The fourth-order valence-corrected chi connectivity index (χ4v) is 5.89. The number of piperazine rings is 1. The van der Waals surface area contributed by atoms with Crippen molar-refractivity contribution in [2.24, 2.45) is 0 Å². The Bertz CT molecular complexity index is 864. The third kappa shape index (κ3) is 4.23. The largest absolute Gasteiger partial charge is 0.293 e. The molecular weight excluding hydrogens is 368 g/mol. The number of benzene rings is 1. The quantitative estimate of drug-likeness (QED) is 0.710. The summed E-state index contributed by atoms with van der Waals surface area (Å²) in [6.07, 6.45) is 0.953. The van der Waals surface area contributed by atoms with Gasteiger partial charge < -0.3 is 0 Å². The topological polar surface area (TPSA) is 57.7 Å². The predicted molar refractivity (Wildman–Crippen MR) is 104 cm³/mol. The van der Waals surface area contributed by atoms with Crippen LogP contribution in [0.15, 0.2) is 40.6 Å². The Kier molecular flexibility index (Phi) is 5.92. The maximum absolute atomic E-state index is 12.7. The number of ketones is 1. The molecule has 0 radical (unpaired) electrons. The Labute approximate surface area is 159 Å². The summed E-state index contributed by atoms with van der Waals surface area (Å²) in [5.41, 5.74) is 1.93.